The van der Waals surface area contributed by atoms with E-state index in [2.05, 4.69) is 10.3 Å². The standard InChI is InChI=1S/C19H20N2O2/c1-12(2)23-16-8-6-15(7-9-16)20-19(22)18-11-14-5-4-13(3)10-17(14)21-18/h4-12,21H,1-3H3,(H,20,22). The van der Waals surface area contributed by atoms with Gasteiger partial charge in [0.25, 0.3) is 5.91 Å². The summed E-state index contributed by atoms with van der Waals surface area (Å²) in [5.41, 5.74) is 3.41. The number of carbonyl (C=O) groups is 1. The molecule has 0 aliphatic heterocycles. The largest absolute Gasteiger partial charge is 0.491 e. The summed E-state index contributed by atoms with van der Waals surface area (Å²) < 4.78 is 5.59. The Morgan fingerprint density at radius 3 is 2.52 bits per heavy atom. The van der Waals surface area contributed by atoms with Gasteiger partial charge in [0.05, 0.1) is 6.10 Å². The first-order valence-corrected chi connectivity index (χ1v) is 7.69. The predicted octanol–water partition coefficient (Wildman–Crippen LogP) is 4.52. The molecule has 0 unspecified atom stereocenters. The van der Waals surface area contributed by atoms with Crippen molar-refractivity contribution in [3.8, 4) is 5.75 Å². The molecule has 0 atom stereocenters. The lowest BCUT2D eigenvalue weighted by Crippen LogP contribution is -2.12. The molecule has 3 aromatic rings. The summed E-state index contributed by atoms with van der Waals surface area (Å²) in [6, 6.07) is 15.3. The van der Waals surface area contributed by atoms with Crippen molar-refractivity contribution >= 4 is 22.5 Å². The fraction of sp³-hybridized carbons (Fsp3) is 0.211. The fourth-order valence-corrected chi connectivity index (χ4v) is 2.45. The van der Waals surface area contributed by atoms with E-state index in [4.69, 9.17) is 4.74 Å². The Balaban J connectivity index is 1.74. The molecule has 4 heteroatoms. The molecule has 118 valence electrons. The van der Waals surface area contributed by atoms with E-state index in [1.807, 2.05) is 69.3 Å². The maximum atomic E-state index is 12.4. The minimum Gasteiger partial charge on any atom is -0.491 e. The molecule has 0 spiro atoms. The number of anilines is 1. The van der Waals surface area contributed by atoms with Crippen molar-refractivity contribution in [2.75, 3.05) is 5.32 Å². The maximum Gasteiger partial charge on any atom is 0.272 e. The number of aromatic nitrogens is 1. The first-order chi connectivity index (χ1) is 11.0. The summed E-state index contributed by atoms with van der Waals surface area (Å²) in [6.07, 6.45) is 0.130. The number of hydrogen-bond donors (Lipinski definition) is 2. The van der Waals surface area contributed by atoms with E-state index in [0.29, 0.717) is 5.69 Å². The number of rotatable bonds is 4. The average Bonchev–Trinajstić information content (AvgIpc) is 2.92. The second kappa shape index (κ2) is 6.16. The summed E-state index contributed by atoms with van der Waals surface area (Å²) in [7, 11) is 0. The molecule has 0 radical (unpaired) electrons. The van der Waals surface area contributed by atoms with Crippen LogP contribution < -0.4 is 10.1 Å². The van der Waals surface area contributed by atoms with E-state index >= 15 is 0 Å². The van der Waals surface area contributed by atoms with Crippen molar-refractivity contribution in [3.05, 3.63) is 59.8 Å². The lowest BCUT2D eigenvalue weighted by molar-refractivity contribution is 0.102. The Bertz CT molecular complexity index is 832. The van der Waals surface area contributed by atoms with Crippen molar-refractivity contribution in [1.82, 2.24) is 4.98 Å². The van der Waals surface area contributed by atoms with Crippen LogP contribution in [0.5, 0.6) is 5.75 Å². The lowest BCUT2D eigenvalue weighted by atomic mass is 10.2. The molecule has 2 N–H and O–H groups in total. The molecule has 0 saturated carbocycles. The van der Waals surface area contributed by atoms with Crippen molar-refractivity contribution in [1.29, 1.82) is 0 Å². The highest BCUT2D eigenvalue weighted by Gasteiger charge is 2.10. The monoisotopic (exact) mass is 308 g/mol. The van der Waals surface area contributed by atoms with Gasteiger partial charge in [0.2, 0.25) is 0 Å². The zero-order valence-electron chi connectivity index (χ0n) is 13.5. The highest BCUT2D eigenvalue weighted by Crippen LogP contribution is 2.20. The van der Waals surface area contributed by atoms with E-state index in [-0.39, 0.29) is 12.0 Å². The van der Waals surface area contributed by atoms with Crippen LogP contribution in [-0.2, 0) is 0 Å². The number of carbonyl (C=O) groups excluding carboxylic acids is 1. The topological polar surface area (TPSA) is 54.1 Å². The van der Waals surface area contributed by atoms with Crippen LogP contribution in [0.4, 0.5) is 5.69 Å². The molecule has 0 saturated heterocycles. The van der Waals surface area contributed by atoms with Crippen LogP contribution in [0.3, 0.4) is 0 Å². The first-order valence-electron chi connectivity index (χ1n) is 7.69. The number of fused-ring (bicyclic) bond motifs is 1. The Hall–Kier alpha value is -2.75. The molecule has 2 aromatic carbocycles. The Kier molecular flexibility index (Phi) is 4.06. The molecular weight excluding hydrogens is 288 g/mol. The van der Waals surface area contributed by atoms with Crippen molar-refractivity contribution in [3.63, 3.8) is 0 Å². The second-order valence-electron chi connectivity index (χ2n) is 5.92. The molecule has 1 aromatic heterocycles. The second-order valence-corrected chi connectivity index (χ2v) is 5.92. The van der Waals surface area contributed by atoms with Crippen LogP contribution in [0.1, 0.15) is 29.9 Å². The first kappa shape index (κ1) is 15.2. The van der Waals surface area contributed by atoms with Gasteiger partial charge in [0.1, 0.15) is 11.4 Å². The van der Waals surface area contributed by atoms with Crippen LogP contribution in [-0.4, -0.2) is 17.0 Å². The lowest BCUT2D eigenvalue weighted by Gasteiger charge is -2.10. The van der Waals surface area contributed by atoms with Gasteiger partial charge in [-0.3, -0.25) is 4.79 Å². The van der Waals surface area contributed by atoms with E-state index in [1.54, 1.807) is 0 Å². The van der Waals surface area contributed by atoms with Gasteiger partial charge in [0, 0.05) is 16.6 Å². The Labute approximate surface area is 135 Å². The Morgan fingerprint density at radius 1 is 1.09 bits per heavy atom. The van der Waals surface area contributed by atoms with Gasteiger partial charge in [-0.05, 0) is 62.7 Å². The minimum atomic E-state index is -0.156. The summed E-state index contributed by atoms with van der Waals surface area (Å²) in [4.78, 5) is 15.5. The number of ether oxygens (including phenoxy) is 1. The molecule has 1 heterocycles. The quantitative estimate of drug-likeness (QED) is 0.744. The number of amides is 1. The van der Waals surface area contributed by atoms with Gasteiger partial charge < -0.3 is 15.0 Å². The van der Waals surface area contributed by atoms with Crippen LogP contribution in [0, 0.1) is 6.92 Å². The number of H-pyrrole nitrogens is 1. The van der Waals surface area contributed by atoms with Gasteiger partial charge in [-0.25, -0.2) is 0 Å². The van der Waals surface area contributed by atoms with Gasteiger partial charge in [-0.15, -0.1) is 0 Å². The summed E-state index contributed by atoms with van der Waals surface area (Å²) in [6.45, 7) is 5.99. The minimum absolute atomic E-state index is 0.130. The van der Waals surface area contributed by atoms with Crippen LogP contribution >= 0.6 is 0 Å². The fourth-order valence-electron chi connectivity index (χ4n) is 2.45. The smallest absolute Gasteiger partial charge is 0.272 e. The normalized spacial score (nSPS) is 11.0. The summed E-state index contributed by atoms with van der Waals surface area (Å²) in [5, 5.41) is 3.92. The zero-order chi connectivity index (χ0) is 16.4. The van der Waals surface area contributed by atoms with Gasteiger partial charge in [0.15, 0.2) is 0 Å². The molecular formula is C19H20N2O2. The number of nitrogens with one attached hydrogen (secondary N) is 2. The molecule has 0 aliphatic rings. The van der Waals surface area contributed by atoms with Gasteiger partial charge >= 0.3 is 0 Å². The van der Waals surface area contributed by atoms with E-state index < -0.39 is 0 Å². The van der Waals surface area contributed by atoms with Crippen molar-refractivity contribution in [2.24, 2.45) is 0 Å². The maximum absolute atomic E-state index is 12.4. The van der Waals surface area contributed by atoms with E-state index in [0.717, 1.165) is 27.9 Å². The zero-order valence-corrected chi connectivity index (χ0v) is 13.5. The SMILES string of the molecule is Cc1ccc2cc(C(=O)Nc3ccc(OC(C)C)cc3)[nH]c2c1. The van der Waals surface area contributed by atoms with Crippen molar-refractivity contribution < 1.29 is 9.53 Å². The molecule has 0 aliphatic carbocycles. The summed E-state index contributed by atoms with van der Waals surface area (Å²) in [5.74, 6) is 0.635. The molecule has 4 nitrogen and oxygen atoms in total. The third kappa shape index (κ3) is 3.54. The van der Waals surface area contributed by atoms with Crippen LogP contribution in [0.2, 0.25) is 0 Å². The third-order valence-corrected chi connectivity index (χ3v) is 3.51. The molecule has 23 heavy (non-hydrogen) atoms. The number of hydrogen-bond acceptors (Lipinski definition) is 2. The van der Waals surface area contributed by atoms with Gasteiger partial charge in [-0.1, -0.05) is 12.1 Å². The third-order valence-electron chi connectivity index (χ3n) is 3.51. The molecule has 0 fully saturated rings. The number of aromatic amines is 1. The summed E-state index contributed by atoms with van der Waals surface area (Å²) >= 11 is 0. The van der Waals surface area contributed by atoms with Crippen LogP contribution in [0.25, 0.3) is 10.9 Å². The van der Waals surface area contributed by atoms with Crippen LogP contribution in [0.15, 0.2) is 48.5 Å². The highest BCUT2D eigenvalue weighted by molar-refractivity contribution is 6.05. The number of benzene rings is 2. The van der Waals surface area contributed by atoms with E-state index in [9.17, 15) is 4.79 Å². The highest BCUT2D eigenvalue weighted by atomic mass is 16.5. The molecule has 3 rings (SSSR count). The predicted molar refractivity (Wildman–Crippen MR) is 93.2 cm³/mol. The van der Waals surface area contributed by atoms with Gasteiger partial charge in [-0.2, -0.15) is 0 Å². The Morgan fingerprint density at radius 2 is 1.83 bits per heavy atom. The average molecular weight is 308 g/mol. The molecule has 1 amide bonds. The molecule has 0 bridgehead atoms. The van der Waals surface area contributed by atoms with Crippen molar-refractivity contribution in [2.45, 2.75) is 26.9 Å². The number of aryl methyl sites for hydroxylation is 1. The van der Waals surface area contributed by atoms with E-state index in [1.165, 1.54) is 0 Å².